The predicted molar refractivity (Wildman–Crippen MR) is 97.9 cm³/mol. The third kappa shape index (κ3) is 1490. The molecule has 0 saturated carbocycles. The van der Waals surface area contributed by atoms with Gasteiger partial charge in [-0.15, -0.1) is 0 Å². The molecule has 23 heavy (non-hydrogen) atoms. The molecule has 0 aromatic carbocycles. The molecule has 0 unspecified atom stereocenters. The zero-order valence-corrected chi connectivity index (χ0v) is 10.0. The van der Waals surface area contributed by atoms with Crippen LogP contribution in [0.25, 0.3) is 0 Å². The standard InChI is InChI=1S/3Ca.20H2O.6H/h;;;20*1H2;;;;;;. The van der Waals surface area contributed by atoms with Crippen LogP contribution >= 0.6 is 0 Å². The summed E-state index contributed by atoms with van der Waals surface area (Å²) in [5, 5.41) is 0. The fourth-order valence-corrected chi connectivity index (χ4v) is 0. The third-order valence-electron chi connectivity index (χ3n) is 0. The number of hydrogen-bond acceptors (Lipinski definition) is 0. The molecular weight excluding hydrogens is 440 g/mol. The molecule has 20 nitrogen and oxygen atoms in total. The summed E-state index contributed by atoms with van der Waals surface area (Å²) < 4.78 is 0. The molecule has 0 rings (SSSR count). The van der Waals surface area contributed by atoms with Crippen LogP contribution in [0.4, 0.5) is 0 Å². The predicted octanol–water partition coefficient (Wildman–Crippen LogP) is -19.2. The van der Waals surface area contributed by atoms with Gasteiger partial charge in [0.25, 0.3) is 0 Å². The van der Waals surface area contributed by atoms with Crippen molar-refractivity contribution in [1.29, 1.82) is 0 Å². The first-order chi connectivity index (χ1) is 0. The first-order valence-electron chi connectivity index (χ1n) is 0. The van der Waals surface area contributed by atoms with Gasteiger partial charge < -0.3 is 110 Å². The Morgan fingerprint density at radius 3 is 0.0870 bits per heavy atom. The van der Waals surface area contributed by atoms with Gasteiger partial charge in [0.2, 0.25) is 0 Å². The molecule has 0 aromatic rings. The Labute approximate surface area is 219 Å². The summed E-state index contributed by atoms with van der Waals surface area (Å²) in [7, 11) is 0. The van der Waals surface area contributed by atoms with Crippen molar-refractivity contribution in [2.24, 2.45) is 0 Å². The molecule has 0 spiro atoms. The first kappa shape index (κ1) is 1830. The van der Waals surface area contributed by atoms with Crippen molar-refractivity contribution < 1.29 is 110 Å². The molecule has 0 saturated heterocycles. The second kappa shape index (κ2) is 1620. The average Bonchev–Trinajstić information content (AvgIpc) is 0. The second-order valence-corrected chi connectivity index (χ2v) is 0. The van der Waals surface area contributed by atoms with Gasteiger partial charge in [0.1, 0.15) is 0 Å². The van der Waals surface area contributed by atoms with E-state index in [1.54, 1.807) is 0 Å². The van der Waals surface area contributed by atoms with Gasteiger partial charge in [-0.25, -0.2) is 0 Å². The van der Waals surface area contributed by atoms with Gasteiger partial charge in [-0.2, -0.15) is 0 Å². The van der Waals surface area contributed by atoms with E-state index in [1.165, 1.54) is 0 Å². The Hall–Kier alpha value is 2.98. The van der Waals surface area contributed by atoms with E-state index in [9.17, 15) is 0 Å². The van der Waals surface area contributed by atoms with Gasteiger partial charge in [0, 0.05) is 0 Å². The fraction of sp³-hybridized carbons (Fsp3) is 0. The van der Waals surface area contributed by atoms with Crippen LogP contribution in [0.15, 0.2) is 0 Å². The molecule has 0 amide bonds. The second-order valence-electron chi connectivity index (χ2n) is 0. The van der Waals surface area contributed by atoms with Crippen molar-refractivity contribution in [2.75, 3.05) is 0 Å². The number of rotatable bonds is 0. The maximum absolute atomic E-state index is 0. The molecule has 23 heteroatoms. The topological polar surface area (TPSA) is 630 Å². The van der Waals surface area contributed by atoms with E-state index in [0.717, 1.165) is 0 Å². The van der Waals surface area contributed by atoms with Crippen molar-refractivity contribution in [2.45, 2.75) is 0 Å². The summed E-state index contributed by atoms with van der Waals surface area (Å²) in [6.45, 7) is 0. The van der Waals surface area contributed by atoms with Gasteiger partial charge in [-0.3, -0.25) is 0 Å². The molecule has 0 aliphatic carbocycles. The zero-order valence-electron chi connectivity index (χ0n) is 10.0. The first-order valence-corrected chi connectivity index (χ1v) is 0. The van der Waals surface area contributed by atoms with E-state index < -0.39 is 0 Å². The van der Waals surface area contributed by atoms with Crippen LogP contribution in [0.3, 0.4) is 0 Å². The summed E-state index contributed by atoms with van der Waals surface area (Å²) in [5.41, 5.74) is 0. The average molecular weight is 487 g/mol. The molecule has 0 atom stereocenters. The summed E-state index contributed by atoms with van der Waals surface area (Å²) in [4.78, 5) is 0. The minimum absolute atomic E-state index is 0. The molecule has 0 radical (unpaired) electrons. The van der Waals surface area contributed by atoms with Crippen LogP contribution in [-0.4, -0.2) is 223 Å². The quantitative estimate of drug-likeness (QED) is 0.287. The van der Waals surface area contributed by atoms with E-state index in [1.807, 2.05) is 0 Å². The maximum atomic E-state index is 0. The minimum atomic E-state index is 0. The van der Waals surface area contributed by atoms with Crippen LogP contribution in [0.2, 0.25) is 0 Å². The normalized spacial score (nSPS) is 0. The van der Waals surface area contributed by atoms with Crippen molar-refractivity contribution in [3.63, 3.8) is 0 Å². The van der Waals surface area contributed by atoms with Crippen LogP contribution in [0.5, 0.6) is 0 Å². The fourth-order valence-electron chi connectivity index (χ4n) is 0. The van der Waals surface area contributed by atoms with Gasteiger partial charge in [-0.1, -0.05) is 0 Å². The van der Waals surface area contributed by atoms with Crippen molar-refractivity contribution in [3.8, 4) is 0 Å². The van der Waals surface area contributed by atoms with Gasteiger partial charge in [-0.05, 0) is 0 Å². The SMILES string of the molecule is O.O.O.O.O.O.O.O.O.O.O.O.O.O.O.O.O.O.O.O.[CaH2].[CaH2].[CaH2]. The van der Waals surface area contributed by atoms with E-state index in [-0.39, 0.29) is 223 Å². The molecule has 0 bridgehead atoms. The summed E-state index contributed by atoms with van der Waals surface area (Å²) in [6.07, 6.45) is 0. The summed E-state index contributed by atoms with van der Waals surface area (Å²) in [6, 6.07) is 0. The Kier molecular flexibility index (Phi) is 128000. The molecule has 0 aliphatic rings. The Balaban J connectivity index is 0. The molecule has 0 heterocycles. The third-order valence-corrected chi connectivity index (χ3v) is 0. The zero-order chi connectivity index (χ0) is 0. The van der Waals surface area contributed by atoms with Crippen molar-refractivity contribution in [1.82, 2.24) is 0 Å². The van der Waals surface area contributed by atoms with E-state index in [4.69, 9.17) is 0 Å². The Bertz CT molecular complexity index is 12.8. The Morgan fingerprint density at radius 1 is 0.0870 bits per heavy atom. The van der Waals surface area contributed by atoms with Crippen LogP contribution < -0.4 is 0 Å². The monoisotopic (exact) mass is 486 g/mol. The summed E-state index contributed by atoms with van der Waals surface area (Å²) in [5.74, 6) is 0. The van der Waals surface area contributed by atoms with E-state index >= 15 is 0 Å². The van der Waals surface area contributed by atoms with E-state index in [2.05, 4.69) is 0 Å². The molecular formula is H46Ca3O20. The van der Waals surface area contributed by atoms with Gasteiger partial charge in [0.05, 0.1) is 0 Å². The molecule has 0 aromatic heterocycles. The molecule has 40 N–H and O–H groups in total. The van der Waals surface area contributed by atoms with Gasteiger partial charge in [0.15, 0.2) is 0 Å². The van der Waals surface area contributed by atoms with Crippen molar-refractivity contribution >= 4 is 113 Å². The Morgan fingerprint density at radius 2 is 0.0870 bits per heavy atom. The molecule has 0 aliphatic heterocycles. The molecule has 0 fully saturated rings. The summed E-state index contributed by atoms with van der Waals surface area (Å²) >= 11 is 0. The van der Waals surface area contributed by atoms with E-state index in [0.29, 0.717) is 0 Å². The van der Waals surface area contributed by atoms with Crippen LogP contribution in [0, 0.1) is 0 Å². The molecule has 172 valence electrons. The van der Waals surface area contributed by atoms with Crippen molar-refractivity contribution in [3.05, 3.63) is 0 Å². The van der Waals surface area contributed by atoms with Gasteiger partial charge >= 0.3 is 113 Å². The van der Waals surface area contributed by atoms with Crippen LogP contribution in [-0.2, 0) is 0 Å². The number of hydrogen-bond donors (Lipinski definition) is 0. The van der Waals surface area contributed by atoms with Crippen LogP contribution in [0.1, 0.15) is 0 Å².